The number of nitrogens with two attached hydrogens (primary N) is 1. The van der Waals surface area contributed by atoms with Gasteiger partial charge in [-0.2, -0.15) is 5.10 Å². The fourth-order valence-electron chi connectivity index (χ4n) is 2.03. The molecule has 0 aliphatic carbocycles. The molecule has 0 aromatic carbocycles. The van der Waals surface area contributed by atoms with Gasteiger partial charge in [0.25, 0.3) is 0 Å². The Labute approximate surface area is 147 Å². The third-order valence-electron chi connectivity index (χ3n) is 3.06. The molecule has 0 fully saturated rings. The maximum Gasteiger partial charge on any atom is 0.0843 e. The summed E-state index contributed by atoms with van der Waals surface area (Å²) in [6.45, 7) is 4.94. The minimum absolute atomic E-state index is 0.0558. The predicted molar refractivity (Wildman–Crippen MR) is 93.8 cm³/mol. The first kappa shape index (κ1) is 16.6. The highest BCUT2D eigenvalue weighted by molar-refractivity contribution is 9.13. The summed E-state index contributed by atoms with van der Waals surface area (Å²) in [6, 6.07) is 2.15. The second kappa shape index (κ2) is 7.02. The molecule has 1 atom stereocenters. The smallest absolute Gasteiger partial charge is 0.0843 e. The normalized spacial score (nSPS) is 12.9. The van der Waals surface area contributed by atoms with Crippen LogP contribution >= 0.6 is 59.1 Å². The highest BCUT2D eigenvalue weighted by Crippen LogP contribution is 2.37. The molecule has 2 aromatic rings. The van der Waals surface area contributed by atoms with E-state index in [0.717, 1.165) is 37.1 Å². The molecule has 3 N–H and O–H groups in total. The molecule has 0 saturated heterocycles. The van der Waals surface area contributed by atoms with E-state index in [1.54, 1.807) is 11.3 Å². The molecule has 2 heterocycles. The average molecular weight is 487 g/mol. The van der Waals surface area contributed by atoms with Crippen LogP contribution in [0.2, 0.25) is 0 Å². The van der Waals surface area contributed by atoms with Crippen LogP contribution in [0.5, 0.6) is 0 Å². The Morgan fingerprint density at radius 2 is 2.15 bits per heavy atom. The molecule has 1 unspecified atom stereocenters. The standard InChI is InChI=1S/C12H15Br3N4S/c1-3-19-9(11(14)6(2)18-19)5-8(17-16)10-4-7(13)12(15)20-10/h4,8,17H,3,5,16H2,1-2H3. The van der Waals surface area contributed by atoms with E-state index in [1.807, 2.05) is 11.6 Å². The Balaban J connectivity index is 2.31. The van der Waals surface area contributed by atoms with Gasteiger partial charge in [0.15, 0.2) is 0 Å². The molecule has 8 heteroatoms. The van der Waals surface area contributed by atoms with Gasteiger partial charge >= 0.3 is 0 Å². The van der Waals surface area contributed by atoms with Crippen molar-refractivity contribution in [2.24, 2.45) is 5.84 Å². The van der Waals surface area contributed by atoms with Gasteiger partial charge in [0.2, 0.25) is 0 Å². The lowest BCUT2D eigenvalue weighted by molar-refractivity contribution is 0.522. The number of hydrogen-bond acceptors (Lipinski definition) is 4. The van der Waals surface area contributed by atoms with Crippen LogP contribution in [0.1, 0.15) is 29.2 Å². The van der Waals surface area contributed by atoms with Gasteiger partial charge in [-0.05, 0) is 67.7 Å². The van der Waals surface area contributed by atoms with E-state index in [-0.39, 0.29) is 6.04 Å². The molecule has 0 spiro atoms. The van der Waals surface area contributed by atoms with Gasteiger partial charge in [0.1, 0.15) is 0 Å². The van der Waals surface area contributed by atoms with Crippen LogP contribution in [0, 0.1) is 6.92 Å². The Morgan fingerprint density at radius 1 is 1.45 bits per heavy atom. The lowest BCUT2D eigenvalue weighted by atomic mass is 10.1. The first-order valence-electron chi connectivity index (χ1n) is 6.10. The lowest BCUT2D eigenvalue weighted by Crippen LogP contribution is -2.29. The van der Waals surface area contributed by atoms with Crippen LogP contribution in [-0.2, 0) is 13.0 Å². The number of nitrogens with zero attached hydrogens (tertiary/aromatic N) is 2. The molecule has 0 bridgehead atoms. The molecule has 0 saturated carbocycles. The summed E-state index contributed by atoms with van der Waals surface area (Å²) < 4.78 is 5.21. The van der Waals surface area contributed by atoms with Crippen molar-refractivity contribution in [2.45, 2.75) is 32.9 Å². The number of hydrazine groups is 1. The van der Waals surface area contributed by atoms with Crippen molar-refractivity contribution in [1.29, 1.82) is 0 Å². The zero-order chi connectivity index (χ0) is 14.9. The zero-order valence-electron chi connectivity index (χ0n) is 11.1. The van der Waals surface area contributed by atoms with Crippen LogP contribution in [-0.4, -0.2) is 9.78 Å². The summed E-state index contributed by atoms with van der Waals surface area (Å²) in [7, 11) is 0. The van der Waals surface area contributed by atoms with E-state index in [9.17, 15) is 0 Å². The zero-order valence-corrected chi connectivity index (χ0v) is 16.7. The van der Waals surface area contributed by atoms with Crippen LogP contribution < -0.4 is 11.3 Å². The van der Waals surface area contributed by atoms with Gasteiger partial charge in [-0.1, -0.05) is 0 Å². The van der Waals surface area contributed by atoms with E-state index >= 15 is 0 Å². The van der Waals surface area contributed by atoms with Crippen molar-refractivity contribution >= 4 is 59.1 Å². The van der Waals surface area contributed by atoms with Crippen LogP contribution in [0.25, 0.3) is 0 Å². The van der Waals surface area contributed by atoms with Crippen molar-refractivity contribution in [1.82, 2.24) is 15.2 Å². The minimum atomic E-state index is 0.0558. The molecule has 0 amide bonds. The molecule has 2 aromatic heterocycles. The van der Waals surface area contributed by atoms with Gasteiger partial charge < -0.3 is 0 Å². The van der Waals surface area contributed by atoms with E-state index in [1.165, 1.54) is 4.88 Å². The third-order valence-corrected chi connectivity index (χ3v) is 7.46. The highest BCUT2D eigenvalue weighted by Gasteiger charge is 2.20. The topological polar surface area (TPSA) is 55.9 Å². The molecule has 110 valence electrons. The summed E-state index contributed by atoms with van der Waals surface area (Å²) >= 11 is 12.3. The number of hydrogen-bond donors (Lipinski definition) is 2. The second-order valence-electron chi connectivity index (χ2n) is 4.36. The van der Waals surface area contributed by atoms with Gasteiger partial charge in [-0.3, -0.25) is 16.0 Å². The van der Waals surface area contributed by atoms with Crippen molar-refractivity contribution < 1.29 is 0 Å². The van der Waals surface area contributed by atoms with E-state index in [2.05, 4.69) is 71.3 Å². The van der Waals surface area contributed by atoms with Crippen molar-refractivity contribution in [3.63, 3.8) is 0 Å². The molecular weight excluding hydrogens is 472 g/mol. The SMILES string of the molecule is CCn1nc(C)c(Br)c1CC(NN)c1cc(Br)c(Br)s1. The molecule has 2 rings (SSSR count). The van der Waals surface area contributed by atoms with E-state index in [0.29, 0.717) is 0 Å². The lowest BCUT2D eigenvalue weighted by Gasteiger charge is -2.15. The summed E-state index contributed by atoms with van der Waals surface area (Å²) in [5.74, 6) is 5.74. The van der Waals surface area contributed by atoms with Crippen molar-refractivity contribution in [3.05, 3.63) is 35.1 Å². The second-order valence-corrected chi connectivity index (χ2v) is 8.40. The Morgan fingerprint density at radius 3 is 2.65 bits per heavy atom. The van der Waals surface area contributed by atoms with Gasteiger partial charge in [0.05, 0.1) is 25.7 Å². The summed E-state index contributed by atoms with van der Waals surface area (Å²) in [6.07, 6.45) is 0.783. The predicted octanol–water partition coefficient (Wildman–Crippen LogP) is 4.31. The maximum absolute atomic E-state index is 5.74. The summed E-state index contributed by atoms with van der Waals surface area (Å²) in [4.78, 5) is 1.18. The van der Waals surface area contributed by atoms with Crippen molar-refractivity contribution in [2.75, 3.05) is 0 Å². The van der Waals surface area contributed by atoms with Gasteiger partial charge in [-0.25, -0.2) is 0 Å². The Bertz CT molecular complexity index is 589. The van der Waals surface area contributed by atoms with Gasteiger partial charge in [-0.15, -0.1) is 11.3 Å². The number of aromatic nitrogens is 2. The summed E-state index contributed by atoms with van der Waals surface area (Å²) in [5.41, 5.74) is 5.07. The Kier molecular flexibility index (Phi) is 5.84. The number of aryl methyl sites for hydroxylation is 2. The molecular formula is C12H15Br3N4S. The number of thiophene rings is 1. The Hall–Kier alpha value is 0.270. The fourth-order valence-corrected chi connectivity index (χ4v) is 4.63. The van der Waals surface area contributed by atoms with E-state index < -0.39 is 0 Å². The van der Waals surface area contributed by atoms with Crippen molar-refractivity contribution in [3.8, 4) is 0 Å². The highest BCUT2D eigenvalue weighted by atomic mass is 79.9. The quantitative estimate of drug-likeness (QED) is 0.489. The average Bonchev–Trinajstić information content (AvgIpc) is 2.89. The maximum atomic E-state index is 5.74. The molecule has 0 aliphatic rings. The molecule has 20 heavy (non-hydrogen) atoms. The number of rotatable bonds is 5. The van der Waals surface area contributed by atoms with E-state index in [4.69, 9.17) is 5.84 Å². The molecule has 0 radical (unpaired) electrons. The van der Waals surface area contributed by atoms with Gasteiger partial charge in [0, 0.05) is 22.3 Å². The minimum Gasteiger partial charge on any atom is -0.271 e. The largest absolute Gasteiger partial charge is 0.271 e. The number of halogens is 3. The first-order chi connectivity index (χ1) is 9.47. The number of nitrogens with one attached hydrogen (secondary N) is 1. The third kappa shape index (κ3) is 3.36. The fraction of sp³-hybridized carbons (Fsp3) is 0.417. The molecule has 4 nitrogen and oxygen atoms in total. The summed E-state index contributed by atoms with van der Waals surface area (Å²) in [5, 5.41) is 4.52. The van der Waals surface area contributed by atoms with Crippen LogP contribution in [0.4, 0.5) is 0 Å². The molecule has 0 aliphatic heterocycles. The van der Waals surface area contributed by atoms with Crippen LogP contribution in [0.3, 0.4) is 0 Å². The monoisotopic (exact) mass is 484 g/mol. The van der Waals surface area contributed by atoms with Crippen LogP contribution in [0.15, 0.2) is 18.8 Å². The first-order valence-corrected chi connectivity index (χ1v) is 9.30.